The Labute approximate surface area is 61.8 Å². The molecular weight excluding hydrogens is 128 g/mol. The van der Waals surface area contributed by atoms with E-state index in [1.54, 1.807) is 0 Å². The van der Waals surface area contributed by atoms with E-state index >= 15 is 0 Å². The molecule has 0 radical (unpaired) electrons. The van der Waals surface area contributed by atoms with Gasteiger partial charge >= 0.3 is 6.03 Å². The number of urea groups is 1. The predicted octanol–water partition coefficient (Wildman–Crippen LogP) is 0.518. The van der Waals surface area contributed by atoms with Gasteiger partial charge in [0.25, 0.3) is 0 Å². The molecule has 58 valence electrons. The van der Waals surface area contributed by atoms with Gasteiger partial charge in [-0.2, -0.15) is 0 Å². The summed E-state index contributed by atoms with van der Waals surface area (Å²) >= 11 is 0. The van der Waals surface area contributed by atoms with Crippen LogP contribution in [0.25, 0.3) is 0 Å². The zero-order valence-corrected chi connectivity index (χ0v) is 6.92. The van der Waals surface area contributed by atoms with Crippen LogP contribution in [0.5, 0.6) is 0 Å². The van der Waals surface area contributed by atoms with Crippen LogP contribution in [-0.4, -0.2) is 49.6 Å². The minimum absolute atomic E-state index is 0.228. The minimum atomic E-state index is 0.228. The lowest BCUT2D eigenvalue weighted by molar-refractivity contribution is -0.791. The van der Waals surface area contributed by atoms with Crippen molar-refractivity contribution in [2.75, 3.05) is 34.2 Å². The molecule has 3 nitrogen and oxygen atoms in total. The molecule has 0 spiro atoms. The van der Waals surface area contributed by atoms with E-state index in [1.165, 1.54) is 6.42 Å². The highest BCUT2D eigenvalue weighted by Gasteiger charge is 2.31. The van der Waals surface area contributed by atoms with Crippen molar-refractivity contribution >= 4 is 6.03 Å². The van der Waals surface area contributed by atoms with E-state index < -0.39 is 0 Å². The van der Waals surface area contributed by atoms with Crippen LogP contribution in [-0.2, 0) is 0 Å². The molecule has 0 aromatic heterocycles. The Morgan fingerprint density at radius 2 is 1.80 bits per heavy atom. The van der Waals surface area contributed by atoms with Gasteiger partial charge in [-0.25, -0.2) is 9.28 Å². The van der Waals surface area contributed by atoms with Crippen LogP contribution < -0.4 is 0 Å². The maximum Gasteiger partial charge on any atom is 0.418 e. The molecule has 1 aliphatic heterocycles. The summed E-state index contributed by atoms with van der Waals surface area (Å²) in [5.74, 6) is 0. The SMILES string of the molecule is C[N+](C)(C)C(=O)N1CCC1. The number of carbonyl (C=O) groups is 1. The van der Waals surface area contributed by atoms with Gasteiger partial charge in [-0.15, -0.1) is 0 Å². The van der Waals surface area contributed by atoms with Crippen molar-refractivity contribution in [1.82, 2.24) is 4.90 Å². The zero-order valence-electron chi connectivity index (χ0n) is 6.92. The molecule has 10 heavy (non-hydrogen) atoms. The van der Waals surface area contributed by atoms with Gasteiger partial charge in [-0.1, -0.05) is 0 Å². The number of nitrogens with zero attached hydrogens (tertiary/aromatic N) is 2. The lowest BCUT2D eigenvalue weighted by Crippen LogP contribution is -2.54. The molecule has 1 heterocycles. The molecule has 1 aliphatic rings. The van der Waals surface area contributed by atoms with Crippen LogP contribution in [0.3, 0.4) is 0 Å². The maximum atomic E-state index is 11.3. The lowest BCUT2D eigenvalue weighted by Gasteiger charge is -2.34. The largest absolute Gasteiger partial charge is 0.418 e. The van der Waals surface area contributed by atoms with Crippen molar-refractivity contribution in [2.45, 2.75) is 6.42 Å². The summed E-state index contributed by atoms with van der Waals surface area (Å²) in [6.07, 6.45) is 1.17. The third kappa shape index (κ3) is 1.29. The van der Waals surface area contributed by atoms with Crippen molar-refractivity contribution < 1.29 is 9.28 Å². The van der Waals surface area contributed by atoms with E-state index in [2.05, 4.69) is 0 Å². The molecular formula is C7H15N2O+. The molecule has 1 fully saturated rings. The fraction of sp³-hybridized carbons (Fsp3) is 0.857. The number of rotatable bonds is 0. The summed E-state index contributed by atoms with van der Waals surface area (Å²) in [7, 11) is 5.71. The highest BCUT2D eigenvalue weighted by Crippen LogP contribution is 2.10. The third-order valence-electron chi connectivity index (χ3n) is 1.70. The second-order valence-corrected chi connectivity index (χ2v) is 3.64. The van der Waals surface area contributed by atoms with Gasteiger partial charge in [-0.05, 0) is 6.42 Å². The highest BCUT2D eigenvalue weighted by molar-refractivity contribution is 5.67. The summed E-state index contributed by atoms with van der Waals surface area (Å²) in [5, 5.41) is 0. The van der Waals surface area contributed by atoms with Gasteiger partial charge in [0.1, 0.15) is 0 Å². The Hall–Kier alpha value is -0.570. The summed E-state index contributed by atoms with van der Waals surface area (Å²) in [6, 6.07) is 0.228. The van der Waals surface area contributed by atoms with Crippen molar-refractivity contribution in [2.24, 2.45) is 0 Å². The Kier molecular flexibility index (Phi) is 1.68. The predicted molar refractivity (Wildman–Crippen MR) is 39.6 cm³/mol. The second kappa shape index (κ2) is 2.23. The topological polar surface area (TPSA) is 20.3 Å². The molecule has 0 aromatic rings. The monoisotopic (exact) mass is 143 g/mol. The van der Waals surface area contributed by atoms with Gasteiger partial charge in [0.05, 0.1) is 21.1 Å². The van der Waals surface area contributed by atoms with Crippen LogP contribution in [0.2, 0.25) is 0 Å². The fourth-order valence-corrected chi connectivity index (χ4v) is 0.932. The summed E-state index contributed by atoms with van der Waals surface area (Å²) in [5.41, 5.74) is 0. The quantitative estimate of drug-likeness (QED) is 0.453. The Bertz CT molecular complexity index is 144. The molecule has 3 heteroatoms. The van der Waals surface area contributed by atoms with E-state index in [-0.39, 0.29) is 6.03 Å². The average molecular weight is 143 g/mol. The fourth-order valence-electron chi connectivity index (χ4n) is 0.932. The molecule has 2 amide bonds. The Morgan fingerprint density at radius 1 is 1.30 bits per heavy atom. The highest BCUT2D eigenvalue weighted by atomic mass is 16.2. The van der Waals surface area contributed by atoms with E-state index in [4.69, 9.17) is 0 Å². The van der Waals surface area contributed by atoms with E-state index in [0.717, 1.165) is 13.1 Å². The molecule has 0 bridgehead atoms. The molecule has 1 saturated heterocycles. The van der Waals surface area contributed by atoms with Crippen LogP contribution in [0, 0.1) is 0 Å². The smallest absolute Gasteiger partial charge is 0.292 e. The van der Waals surface area contributed by atoms with E-state index in [9.17, 15) is 4.79 Å². The van der Waals surface area contributed by atoms with Crippen LogP contribution >= 0.6 is 0 Å². The van der Waals surface area contributed by atoms with E-state index in [1.807, 2.05) is 26.0 Å². The average Bonchev–Trinajstić information content (AvgIpc) is 1.57. The molecule has 0 atom stereocenters. The molecule has 0 unspecified atom stereocenters. The van der Waals surface area contributed by atoms with Crippen molar-refractivity contribution in [1.29, 1.82) is 0 Å². The minimum Gasteiger partial charge on any atom is -0.292 e. The lowest BCUT2D eigenvalue weighted by atomic mass is 10.2. The summed E-state index contributed by atoms with van der Waals surface area (Å²) < 4.78 is 0.417. The second-order valence-electron chi connectivity index (χ2n) is 3.64. The molecule has 0 N–H and O–H groups in total. The van der Waals surface area contributed by atoms with E-state index in [0.29, 0.717) is 4.48 Å². The third-order valence-corrected chi connectivity index (χ3v) is 1.70. The molecule has 0 saturated carbocycles. The number of hydrogen-bond acceptors (Lipinski definition) is 1. The molecule has 0 aromatic carbocycles. The normalized spacial score (nSPS) is 18.5. The number of likely N-dealkylation sites (tertiary alicyclic amines) is 1. The van der Waals surface area contributed by atoms with Crippen LogP contribution in [0.15, 0.2) is 0 Å². The van der Waals surface area contributed by atoms with Gasteiger partial charge in [0.2, 0.25) is 0 Å². The number of carbonyl (C=O) groups excluding carboxylic acids is 1. The first-order chi connectivity index (χ1) is 4.52. The first kappa shape index (κ1) is 7.54. The summed E-state index contributed by atoms with van der Waals surface area (Å²) in [6.45, 7) is 1.91. The van der Waals surface area contributed by atoms with Gasteiger partial charge in [0.15, 0.2) is 0 Å². The van der Waals surface area contributed by atoms with Crippen LogP contribution in [0.1, 0.15) is 6.42 Å². The maximum absolute atomic E-state index is 11.3. The van der Waals surface area contributed by atoms with Gasteiger partial charge < -0.3 is 0 Å². The number of quaternary nitrogens is 1. The van der Waals surface area contributed by atoms with Crippen molar-refractivity contribution in [3.8, 4) is 0 Å². The number of amides is 2. The Balaban J connectivity index is 2.48. The Morgan fingerprint density at radius 3 is 1.90 bits per heavy atom. The first-order valence-corrected chi connectivity index (χ1v) is 3.63. The standard InChI is InChI=1S/C7H15N2O/c1-9(2,3)7(10)8-5-4-6-8/h4-6H2,1-3H3/q+1. The van der Waals surface area contributed by atoms with Crippen LogP contribution in [0.4, 0.5) is 4.79 Å². The summed E-state index contributed by atoms with van der Waals surface area (Å²) in [4.78, 5) is 13.2. The molecule has 1 rings (SSSR count). The number of hydrogen-bond donors (Lipinski definition) is 0. The molecule has 0 aliphatic carbocycles. The first-order valence-electron chi connectivity index (χ1n) is 3.63. The zero-order chi connectivity index (χ0) is 7.78. The van der Waals surface area contributed by atoms with Crippen molar-refractivity contribution in [3.63, 3.8) is 0 Å². The van der Waals surface area contributed by atoms with Gasteiger partial charge in [-0.3, -0.25) is 4.90 Å². The van der Waals surface area contributed by atoms with Gasteiger partial charge in [0, 0.05) is 13.1 Å². The van der Waals surface area contributed by atoms with Crippen molar-refractivity contribution in [3.05, 3.63) is 0 Å².